The van der Waals surface area contributed by atoms with Crippen LogP contribution in [0.4, 0.5) is 5.69 Å². The van der Waals surface area contributed by atoms with Gasteiger partial charge in [0.2, 0.25) is 0 Å². The van der Waals surface area contributed by atoms with Crippen LogP contribution in [0.15, 0.2) is 25.6 Å². The second kappa shape index (κ2) is 7.02. The van der Waals surface area contributed by atoms with Crippen LogP contribution in [-0.2, 0) is 0 Å². The fraction of sp³-hybridized carbons (Fsp3) is 0.500. The average molecular weight is 414 g/mol. The molecule has 0 unspecified atom stereocenters. The fourth-order valence-corrected chi connectivity index (χ4v) is 4.07. The van der Waals surface area contributed by atoms with E-state index in [-0.39, 0.29) is 0 Å². The third-order valence-corrected chi connectivity index (χ3v) is 4.44. The van der Waals surface area contributed by atoms with Gasteiger partial charge in [0.05, 0.1) is 5.69 Å². The lowest BCUT2D eigenvalue weighted by molar-refractivity contribution is 0.519. The van der Waals surface area contributed by atoms with Gasteiger partial charge in [0, 0.05) is 20.0 Å². The van der Waals surface area contributed by atoms with Gasteiger partial charge in [-0.25, -0.2) is 0 Å². The monoisotopic (exact) mass is 411 g/mol. The first-order chi connectivity index (χ1) is 7.58. The molecule has 0 saturated heterocycles. The van der Waals surface area contributed by atoms with Crippen LogP contribution < -0.4 is 5.32 Å². The van der Waals surface area contributed by atoms with Crippen molar-refractivity contribution in [3.63, 3.8) is 0 Å². The summed E-state index contributed by atoms with van der Waals surface area (Å²) in [4.78, 5) is 0. The Morgan fingerprint density at radius 2 is 1.56 bits per heavy atom. The summed E-state index contributed by atoms with van der Waals surface area (Å²) in [5, 5.41) is 3.50. The van der Waals surface area contributed by atoms with Crippen LogP contribution in [0.1, 0.15) is 26.7 Å². The number of nitrogens with one attached hydrogen (secondary N) is 1. The zero-order valence-electron chi connectivity index (χ0n) is 9.49. The summed E-state index contributed by atoms with van der Waals surface area (Å²) in [7, 11) is 0. The van der Waals surface area contributed by atoms with E-state index < -0.39 is 0 Å². The summed E-state index contributed by atoms with van der Waals surface area (Å²) >= 11 is 10.6. The van der Waals surface area contributed by atoms with E-state index in [9.17, 15) is 0 Å². The second-order valence-electron chi connectivity index (χ2n) is 3.81. The summed E-state index contributed by atoms with van der Waals surface area (Å²) < 4.78 is 3.23. The first-order valence-electron chi connectivity index (χ1n) is 5.46. The number of halogens is 3. The molecule has 0 aliphatic carbocycles. The van der Waals surface area contributed by atoms with Crippen molar-refractivity contribution in [3.05, 3.63) is 25.6 Å². The molecular formula is C12H16Br3N. The van der Waals surface area contributed by atoms with Crippen LogP contribution in [0.2, 0.25) is 0 Å². The van der Waals surface area contributed by atoms with Gasteiger partial charge >= 0.3 is 0 Å². The molecule has 1 nitrogen and oxygen atoms in total. The summed E-state index contributed by atoms with van der Waals surface area (Å²) in [5.74, 6) is 0.738. The SMILES string of the molecule is CCC(CC)CNc1c(Br)cc(Br)cc1Br. The summed E-state index contributed by atoms with van der Waals surface area (Å²) in [6, 6.07) is 4.11. The zero-order chi connectivity index (χ0) is 12.1. The molecule has 0 aromatic heterocycles. The van der Waals surface area contributed by atoms with Crippen molar-refractivity contribution in [2.45, 2.75) is 26.7 Å². The molecule has 0 fully saturated rings. The molecule has 0 heterocycles. The zero-order valence-corrected chi connectivity index (χ0v) is 14.2. The molecule has 0 aliphatic heterocycles. The number of hydrogen-bond acceptors (Lipinski definition) is 1. The first kappa shape index (κ1) is 14.5. The minimum absolute atomic E-state index is 0.738. The standard InChI is InChI=1S/C12H16Br3N/c1-3-8(4-2)7-16-12-10(14)5-9(13)6-11(12)15/h5-6,8,16H,3-4,7H2,1-2H3. The molecule has 0 aliphatic rings. The van der Waals surface area contributed by atoms with Crippen LogP contribution >= 0.6 is 47.8 Å². The van der Waals surface area contributed by atoms with Crippen LogP contribution in [0.3, 0.4) is 0 Å². The Hall–Kier alpha value is 0.460. The maximum atomic E-state index is 3.57. The minimum Gasteiger partial charge on any atom is -0.383 e. The van der Waals surface area contributed by atoms with Gasteiger partial charge < -0.3 is 5.32 Å². The van der Waals surface area contributed by atoms with E-state index in [0.717, 1.165) is 31.6 Å². The molecule has 1 aromatic carbocycles. The predicted molar refractivity (Wildman–Crippen MR) is 82.1 cm³/mol. The third kappa shape index (κ3) is 4.04. The van der Waals surface area contributed by atoms with Gasteiger partial charge in [-0.05, 0) is 49.9 Å². The number of hydrogen-bond donors (Lipinski definition) is 1. The Labute approximate surface area is 123 Å². The average Bonchev–Trinajstić information content (AvgIpc) is 2.22. The Bertz CT molecular complexity index is 325. The second-order valence-corrected chi connectivity index (χ2v) is 6.43. The quantitative estimate of drug-likeness (QED) is 0.641. The summed E-state index contributed by atoms with van der Waals surface area (Å²) in [5.41, 5.74) is 1.13. The van der Waals surface area contributed by atoms with E-state index in [1.807, 2.05) is 0 Å². The third-order valence-electron chi connectivity index (χ3n) is 2.73. The van der Waals surface area contributed by atoms with Crippen LogP contribution in [0.25, 0.3) is 0 Å². The minimum atomic E-state index is 0.738. The molecule has 4 heteroatoms. The fourth-order valence-electron chi connectivity index (χ4n) is 1.53. The highest BCUT2D eigenvalue weighted by Gasteiger charge is 2.08. The van der Waals surface area contributed by atoms with Gasteiger partial charge in [0.25, 0.3) is 0 Å². The number of rotatable bonds is 5. The first-order valence-corrected chi connectivity index (χ1v) is 7.84. The molecule has 0 bridgehead atoms. The van der Waals surface area contributed by atoms with Gasteiger partial charge in [-0.3, -0.25) is 0 Å². The van der Waals surface area contributed by atoms with Crippen LogP contribution in [-0.4, -0.2) is 6.54 Å². The molecule has 16 heavy (non-hydrogen) atoms. The van der Waals surface area contributed by atoms with Crippen molar-refractivity contribution >= 4 is 53.5 Å². The van der Waals surface area contributed by atoms with Crippen LogP contribution in [0.5, 0.6) is 0 Å². The summed E-state index contributed by atoms with van der Waals surface area (Å²) in [6.07, 6.45) is 2.44. The van der Waals surface area contributed by atoms with E-state index in [2.05, 4.69) is 79.1 Å². The van der Waals surface area contributed by atoms with Crippen LogP contribution in [0, 0.1) is 5.92 Å². The van der Waals surface area contributed by atoms with E-state index in [1.54, 1.807) is 0 Å². The highest BCUT2D eigenvalue weighted by atomic mass is 79.9. The number of benzene rings is 1. The van der Waals surface area contributed by atoms with E-state index >= 15 is 0 Å². The largest absolute Gasteiger partial charge is 0.383 e. The van der Waals surface area contributed by atoms with Gasteiger partial charge in [-0.1, -0.05) is 42.6 Å². The predicted octanol–water partition coefficient (Wildman–Crippen LogP) is 5.82. The van der Waals surface area contributed by atoms with Crippen molar-refractivity contribution in [2.24, 2.45) is 5.92 Å². The molecule has 1 N–H and O–H groups in total. The highest BCUT2D eigenvalue weighted by molar-refractivity contribution is 9.11. The Balaban J connectivity index is 2.74. The van der Waals surface area contributed by atoms with Gasteiger partial charge in [-0.2, -0.15) is 0 Å². The molecule has 0 saturated carbocycles. The van der Waals surface area contributed by atoms with E-state index in [1.165, 1.54) is 12.8 Å². The van der Waals surface area contributed by atoms with Gasteiger partial charge in [-0.15, -0.1) is 0 Å². The molecule has 1 rings (SSSR count). The lowest BCUT2D eigenvalue weighted by atomic mass is 10.0. The van der Waals surface area contributed by atoms with Crippen molar-refractivity contribution in [1.29, 1.82) is 0 Å². The topological polar surface area (TPSA) is 12.0 Å². The molecule has 90 valence electrons. The molecule has 0 spiro atoms. The van der Waals surface area contributed by atoms with Crippen molar-refractivity contribution in [3.8, 4) is 0 Å². The molecule has 0 radical (unpaired) electrons. The Kier molecular flexibility index (Phi) is 6.37. The van der Waals surface area contributed by atoms with Gasteiger partial charge in [0.15, 0.2) is 0 Å². The molecular weight excluding hydrogens is 398 g/mol. The molecule has 0 amide bonds. The van der Waals surface area contributed by atoms with E-state index in [0.29, 0.717) is 0 Å². The normalized spacial score (nSPS) is 10.9. The lowest BCUT2D eigenvalue weighted by Gasteiger charge is -2.16. The Morgan fingerprint density at radius 3 is 2.00 bits per heavy atom. The summed E-state index contributed by atoms with van der Waals surface area (Å²) in [6.45, 7) is 5.49. The van der Waals surface area contributed by atoms with Crippen molar-refractivity contribution < 1.29 is 0 Å². The molecule has 1 aromatic rings. The van der Waals surface area contributed by atoms with E-state index in [4.69, 9.17) is 0 Å². The Morgan fingerprint density at radius 1 is 1.06 bits per heavy atom. The maximum Gasteiger partial charge on any atom is 0.0629 e. The van der Waals surface area contributed by atoms with Crippen molar-refractivity contribution in [2.75, 3.05) is 11.9 Å². The smallest absolute Gasteiger partial charge is 0.0629 e. The van der Waals surface area contributed by atoms with Crippen molar-refractivity contribution in [1.82, 2.24) is 0 Å². The van der Waals surface area contributed by atoms with Gasteiger partial charge in [0.1, 0.15) is 0 Å². The number of anilines is 1. The maximum absolute atomic E-state index is 3.57. The lowest BCUT2D eigenvalue weighted by Crippen LogP contribution is -2.13. The molecule has 0 atom stereocenters. The highest BCUT2D eigenvalue weighted by Crippen LogP contribution is 2.34.